The molecule has 0 spiro atoms. The van der Waals surface area contributed by atoms with Crippen LogP contribution in [-0.2, 0) is 7.05 Å². The quantitative estimate of drug-likeness (QED) is 0.519. The summed E-state index contributed by atoms with van der Waals surface area (Å²) in [6, 6.07) is 9.49. The van der Waals surface area contributed by atoms with Gasteiger partial charge in [0, 0.05) is 24.9 Å². The van der Waals surface area contributed by atoms with Gasteiger partial charge >= 0.3 is 6.18 Å². The van der Waals surface area contributed by atoms with Crippen molar-refractivity contribution in [3.05, 3.63) is 59.3 Å². The summed E-state index contributed by atoms with van der Waals surface area (Å²) < 4.78 is 42.4. The molecule has 3 atom stereocenters. The van der Waals surface area contributed by atoms with Crippen LogP contribution in [-0.4, -0.2) is 45.6 Å². The molecule has 2 unspecified atom stereocenters. The Balaban J connectivity index is 1.51. The number of aromatic nitrogens is 7. The Bertz CT molecular complexity index is 1330. The third kappa shape index (κ3) is 3.42. The maximum Gasteiger partial charge on any atom is 0.421 e. The van der Waals surface area contributed by atoms with E-state index in [9.17, 15) is 18.3 Å². The number of alkyl halides is 3. The van der Waals surface area contributed by atoms with E-state index in [2.05, 4.69) is 24.6 Å². The van der Waals surface area contributed by atoms with Gasteiger partial charge in [0.15, 0.2) is 11.6 Å². The first-order chi connectivity index (χ1) is 15.1. The number of rotatable bonds is 4. The Hall–Kier alpha value is -3.34. The molecule has 0 aliphatic heterocycles. The van der Waals surface area contributed by atoms with E-state index in [4.69, 9.17) is 4.98 Å². The molecule has 1 fully saturated rings. The van der Waals surface area contributed by atoms with Crippen LogP contribution in [0.2, 0.25) is 0 Å². The van der Waals surface area contributed by atoms with Gasteiger partial charge in [-0.1, -0.05) is 12.1 Å². The number of imidazole rings is 1. The molecule has 0 amide bonds. The Morgan fingerprint density at radius 1 is 1.03 bits per heavy atom. The Morgan fingerprint density at radius 2 is 1.78 bits per heavy atom. The highest BCUT2D eigenvalue weighted by molar-refractivity contribution is 5.76. The van der Waals surface area contributed by atoms with Gasteiger partial charge in [-0.05, 0) is 32.4 Å². The first-order valence-electron chi connectivity index (χ1n) is 10.1. The molecule has 8 nitrogen and oxygen atoms in total. The number of benzene rings is 1. The average molecular weight is 443 g/mol. The molecule has 5 rings (SSSR count). The van der Waals surface area contributed by atoms with Crippen molar-refractivity contribution in [3.63, 3.8) is 0 Å². The van der Waals surface area contributed by atoms with Crippen molar-refractivity contribution < 1.29 is 18.3 Å². The molecule has 0 bridgehead atoms. The minimum atomic E-state index is -4.87. The number of aliphatic hydroxyl groups is 1. The summed E-state index contributed by atoms with van der Waals surface area (Å²) in [7, 11) is 1.97. The van der Waals surface area contributed by atoms with Gasteiger partial charge in [0.1, 0.15) is 17.5 Å². The second kappa shape index (κ2) is 7.09. The van der Waals surface area contributed by atoms with E-state index in [0.29, 0.717) is 11.5 Å². The summed E-state index contributed by atoms with van der Waals surface area (Å²) >= 11 is 0. The standard InChI is InChI=1S/C21H20F3N7O/c1-10-25-15(12-8-13(12)19-28-14-6-4-5-7-16(14)30(19)3)9-17(26-10)31-20(27-11(2)29-31)18(32)21(22,23)24/h4-7,9,12-13,18,32H,8H2,1-3H3/t12-,13?,18?/m1/s1. The molecule has 0 saturated heterocycles. The number of para-hydroxylation sites is 2. The van der Waals surface area contributed by atoms with Crippen LogP contribution in [0.3, 0.4) is 0 Å². The molecule has 11 heteroatoms. The molecule has 3 aromatic heterocycles. The highest BCUT2D eigenvalue weighted by atomic mass is 19.4. The number of hydrogen-bond acceptors (Lipinski definition) is 6. The summed E-state index contributed by atoms with van der Waals surface area (Å²) in [5.41, 5.74) is 2.65. The van der Waals surface area contributed by atoms with Crippen LogP contribution in [0.4, 0.5) is 13.2 Å². The zero-order valence-electron chi connectivity index (χ0n) is 17.5. The molecule has 1 N–H and O–H groups in total. The van der Waals surface area contributed by atoms with E-state index >= 15 is 0 Å². The molecular weight excluding hydrogens is 423 g/mol. The summed E-state index contributed by atoms with van der Waals surface area (Å²) in [5.74, 6) is 1.17. The molecule has 1 aliphatic carbocycles. The summed E-state index contributed by atoms with van der Waals surface area (Å²) in [4.78, 5) is 17.3. The van der Waals surface area contributed by atoms with Gasteiger partial charge in [0.05, 0.1) is 16.7 Å². The molecule has 166 valence electrons. The van der Waals surface area contributed by atoms with Crippen LogP contribution in [0.5, 0.6) is 0 Å². The van der Waals surface area contributed by atoms with Gasteiger partial charge in [-0.15, -0.1) is 5.10 Å². The largest absolute Gasteiger partial charge is 0.421 e. The number of nitrogens with zero attached hydrogens (tertiary/aromatic N) is 7. The van der Waals surface area contributed by atoms with Gasteiger partial charge in [0.2, 0.25) is 6.10 Å². The second-order valence-corrected chi connectivity index (χ2v) is 8.04. The third-order valence-corrected chi connectivity index (χ3v) is 5.68. The lowest BCUT2D eigenvalue weighted by Crippen LogP contribution is -2.24. The van der Waals surface area contributed by atoms with Gasteiger partial charge in [-0.25, -0.2) is 19.9 Å². The highest BCUT2D eigenvalue weighted by Gasteiger charge is 2.45. The smallest absolute Gasteiger partial charge is 0.377 e. The average Bonchev–Trinajstić information content (AvgIpc) is 3.33. The number of fused-ring (bicyclic) bond motifs is 1. The molecule has 32 heavy (non-hydrogen) atoms. The fourth-order valence-electron chi connectivity index (χ4n) is 4.10. The van der Waals surface area contributed by atoms with Crippen LogP contribution in [0.15, 0.2) is 30.3 Å². The number of halogens is 3. The van der Waals surface area contributed by atoms with E-state index in [0.717, 1.165) is 28.0 Å². The van der Waals surface area contributed by atoms with E-state index in [1.807, 2.05) is 31.3 Å². The third-order valence-electron chi connectivity index (χ3n) is 5.68. The fourth-order valence-corrected chi connectivity index (χ4v) is 4.10. The predicted molar refractivity (Wildman–Crippen MR) is 108 cm³/mol. The normalized spacial score (nSPS) is 19.5. The van der Waals surface area contributed by atoms with Crippen molar-refractivity contribution in [1.29, 1.82) is 0 Å². The minimum absolute atomic E-state index is 0.0616. The van der Waals surface area contributed by atoms with Crippen molar-refractivity contribution in [2.45, 2.75) is 44.4 Å². The van der Waals surface area contributed by atoms with Crippen molar-refractivity contribution >= 4 is 11.0 Å². The van der Waals surface area contributed by atoms with E-state index in [1.54, 1.807) is 13.0 Å². The monoisotopic (exact) mass is 443 g/mol. The second-order valence-electron chi connectivity index (χ2n) is 8.04. The van der Waals surface area contributed by atoms with E-state index in [1.165, 1.54) is 6.92 Å². The van der Waals surface area contributed by atoms with Gasteiger partial charge in [0.25, 0.3) is 0 Å². The van der Waals surface area contributed by atoms with Crippen LogP contribution in [0, 0.1) is 13.8 Å². The molecule has 3 heterocycles. The molecule has 1 aromatic carbocycles. The summed E-state index contributed by atoms with van der Waals surface area (Å²) in [5, 5.41) is 13.8. The Morgan fingerprint density at radius 3 is 2.50 bits per heavy atom. The molecular formula is C21H20F3N7O. The topological polar surface area (TPSA) is 94.5 Å². The Kier molecular flexibility index (Phi) is 4.55. The predicted octanol–water partition coefficient (Wildman–Crippen LogP) is 3.43. The number of aliphatic hydroxyl groups excluding tert-OH is 1. The zero-order chi connectivity index (χ0) is 22.8. The van der Waals surface area contributed by atoms with Crippen LogP contribution in [0.25, 0.3) is 16.9 Å². The maximum absolute atomic E-state index is 13.1. The van der Waals surface area contributed by atoms with Gasteiger partial charge in [-0.3, -0.25) is 0 Å². The summed E-state index contributed by atoms with van der Waals surface area (Å²) in [6.45, 7) is 3.13. The molecule has 1 aliphatic rings. The van der Waals surface area contributed by atoms with E-state index in [-0.39, 0.29) is 23.5 Å². The van der Waals surface area contributed by atoms with Gasteiger partial charge < -0.3 is 9.67 Å². The fraction of sp³-hybridized carbons (Fsp3) is 0.381. The zero-order valence-corrected chi connectivity index (χ0v) is 17.5. The first-order valence-corrected chi connectivity index (χ1v) is 10.1. The van der Waals surface area contributed by atoms with Crippen LogP contribution < -0.4 is 0 Å². The van der Waals surface area contributed by atoms with Crippen molar-refractivity contribution in [2.24, 2.45) is 7.05 Å². The lowest BCUT2D eigenvalue weighted by Gasteiger charge is -2.15. The van der Waals surface area contributed by atoms with Gasteiger partial charge in [-0.2, -0.15) is 17.9 Å². The lowest BCUT2D eigenvalue weighted by atomic mass is 10.2. The number of hydrogen-bond donors (Lipinski definition) is 1. The van der Waals surface area contributed by atoms with Crippen LogP contribution >= 0.6 is 0 Å². The Labute approximate surface area is 180 Å². The van der Waals surface area contributed by atoms with Crippen molar-refractivity contribution in [1.82, 2.24) is 34.3 Å². The lowest BCUT2D eigenvalue weighted by molar-refractivity contribution is -0.209. The molecule has 1 saturated carbocycles. The molecule has 0 radical (unpaired) electrons. The first kappa shape index (κ1) is 20.6. The van der Waals surface area contributed by atoms with Crippen LogP contribution in [0.1, 0.15) is 53.4 Å². The van der Waals surface area contributed by atoms with E-state index < -0.39 is 18.1 Å². The van der Waals surface area contributed by atoms with Crippen molar-refractivity contribution in [3.8, 4) is 5.82 Å². The molecule has 4 aromatic rings. The minimum Gasteiger partial charge on any atom is -0.377 e. The van der Waals surface area contributed by atoms with Crippen molar-refractivity contribution in [2.75, 3.05) is 0 Å². The SMILES string of the molecule is Cc1nc([C@@H]2CC2c2nc3ccccc3n2C)cc(-n2nc(C)nc2C(O)C(F)(F)F)n1. The maximum atomic E-state index is 13.1. The summed E-state index contributed by atoms with van der Waals surface area (Å²) in [6.07, 6.45) is -6.82. The number of aryl methyl sites for hydroxylation is 3. The highest BCUT2D eigenvalue weighted by Crippen LogP contribution is 2.54.